The van der Waals surface area contributed by atoms with E-state index in [0.29, 0.717) is 61.4 Å². The number of carbonyl (C=O) groups is 1. The fraction of sp³-hybridized carbons (Fsp3) is 0.400. The molecule has 1 aliphatic rings. The summed E-state index contributed by atoms with van der Waals surface area (Å²) in [7, 11) is 4.74. The number of hydrogen-bond acceptors (Lipinski definition) is 8. The largest absolute Gasteiger partial charge is 0.493 e. The van der Waals surface area contributed by atoms with Crippen LogP contribution in [0.2, 0.25) is 0 Å². The van der Waals surface area contributed by atoms with Crippen LogP contribution in [0.15, 0.2) is 47.0 Å². The van der Waals surface area contributed by atoms with Gasteiger partial charge in [-0.1, -0.05) is 35.5 Å². The Labute approximate surface area is 199 Å². The van der Waals surface area contributed by atoms with Crippen molar-refractivity contribution in [3.8, 4) is 28.6 Å². The van der Waals surface area contributed by atoms with Crippen LogP contribution in [0.1, 0.15) is 17.9 Å². The second kappa shape index (κ2) is 11.0. The van der Waals surface area contributed by atoms with Crippen LogP contribution >= 0.6 is 0 Å². The molecular weight excluding hydrogens is 436 g/mol. The molecule has 9 nitrogen and oxygen atoms in total. The van der Waals surface area contributed by atoms with Crippen molar-refractivity contribution in [1.29, 1.82) is 0 Å². The van der Waals surface area contributed by atoms with Crippen LogP contribution in [0.3, 0.4) is 0 Å². The number of hydrogen-bond donors (Lipinski definition) is 0. The molecule has 4 rings (SSSR count). The SMILES string of the molecule is COc1cc(CCC(=O)N2CCN(Cc3nc(-c4ccccc4)no3)CC2)cc(OC)c1OC. The van der Waals surface area contributed by atoms with E-state index < -0.39 is 0 Å². The average molecular weight is 467 g/mol. The summed E-state index contributed by atoms with van der Waals surface area (Å²) in [6.45, 7) is 3.45. The molecule has 0 spiro atoms. The number of rotatable bonds is 9. The smallest absolute Gasteiger partial charge is 0.241 e. The molecule has 0 radical (unpaired) electrons. The van der Waals surface area contributed by atoms with Gasteiger partial charge in [0.1, 0.15) is 0 Å². The van der Waals surface area contributed by atoms with Gasteiger partial charge in [-0.15, -0.1) is 0 Å². The summed E-state index contributed by atoms with van der Waals surface area (Å²) in [5.74, 6) is 3.05. The topological polar surface area (TPSA) is 90.2 Å². The molecule has 1 fully saturated rings. The highest BCUT2D eigenvalue weighted by molar-refractivity contribution is 5.76. The summed E-state index contributed by atoms with van der Waals surface area (Å²) < 4.78 is 21.6. The summed E-state index contributed by atoms with van der Waals surface area (Å²) in [6, 6.07) is 13.5. The molecule has 3 aromatic rings. The Morgan fingerprint density at radius 3 is 2.26 bits per heavy atom. The predicted molar refractivity (Wildman–Crippen MR) is 126 cm³/mol. The molecular formula is C25H30N4O5. The van der Waals surface area contributed by atoms with Crippen molar-refractivity contribution in [2.45, 2.75) is 19.4 Å². The maximum Gasteiger partial charge on any atom is 0.241 e. The second-order valence-corrected chi connectivity index (χ2v) is 8.07. The molecule has 34 heavy (non-hydrogen) atoms. The number of ether oxygens (including phenoxy) is 3. The first-order chi connectivity index (χ1) is 16.6. The minimum Gasteiger partial charge on any atom is -0.493 e. The molecule has 1 saturated heterocycles. The van der Waals surface area contributed by atoms with Gasteiger partial charge in [-0.2, -0.15) is 4.98 Å². The number of aryl methyl sites for hydroxylation is 1. The lowest BCUT2D eigenvalue weighted by atomic mass is 10.1. The molecule has 0 aliphatic carbocycles. The molecule has 0 unspecified atom stereocenters. The lowest BCUT2D eigenvalue weighted by Gasteiger charge is -2.34. The van der Waals surface area contributed by atoms with Crippen LogP contribution in [0.5, 0.6) is 17.2 Å². The van der Waals surface area contributed by atoms with Crippen LogP contribution in [-0.2, 0) is 17.8 Å². The summed E-state index contributed by atoms with van der Waals surface area (Å²) in [5.41, 5.74) is 1.90. The van der Waals surface area contributed by atoms with Crippen molar-refractivity contribution in [2.75, 3.05) is 47.5 Å². The van der Waals surface area contributed by atoms with Gasteiger partial charge >= 0.3 is 0 Å². The number of methoxy groups -OCH3 is 3. The number of nitrogens with zero attached hydrogens (tertiary/aromatic N) is 4. The van der Waals surface area contributed by atoms with E-state index in [2.05, 4.69) is 15.0 Å². The lowest BCUT2D eigenvalue weighted by molar-refractivity contribution is -0.133. The average Bonchev–Trinajstić information content (AvgIpc) is 3.36. The zero-order chi connectivity index (χ0) is 23.9. The van der Waals surface area contributed by atoms with E-state index in [4.69, 9.17) is 18.7 Å². The molecule has 1 aromatic heterocycles. The fourth-order valence-corrected chi connectivity index (χ4v) is 4.06. The zero-order valence-electron chi connectivity index (χ0n) is 19.8. The van der Waals surface area contributed by atoms with Gasteiger partial charge in [-0.05, 0) is 24.1 Å². The minimum atomic E-state index is 0.137. The van der Waals surface area contributed by atoms with E-state index in [1.165, 1.54) is 0 Å². The van der Waals surface area contributed by atoms with E-state index in [9.17, 15) is 4.79 Å². The number of aromatic nitrogens is 2. The molecule has 2 aromatic carbocycles. The van der Waals surface area contributed by atoms with Crippen molar-refractivity contribution >= 4 is 5.91 Å². The van der Waals surface area contributed by atoms with Crippen LogP contribution in [0.25, 0.3) is 11.4 Å². The van der Waals surface area contributed by atoms with Gasteiger partial charge in [0.25, 0.3) is 0 Å². The van der Waals surface area contributed by atoms with E-state index >= 15 is 0 Å². The third-order valence-electron chi connectivity index (χ3n) is 5.94. The van der Waals surface area contributed by atoms with E-state index in [0.717, 1.165) is 24.2 Å². The number of piperazine rings is 1. The highest BCUT2D eigenvalue weighted by Gasteiger charge is 2.23. The molecule has 0 N–H and O–H groups in total. The first-order valence-corrected chi connectivity index (χ1v) is 11.3. The Morgan fingerprint density at radius 2 is 1.65 bits per heavy atom. The zero-order valence-corrected chi connectivity index (χ0v) is 19.8. The minimum absolute atomic E-state index is 0.137. The van der Waals surface area contributed by atoms with Gasteiger partial charge in [0.05, 0.1) is 27.9 Å². The Morgan fingerprint density at radius 1 is 0.971 bits per heavy atom. The van der Waals surface area contributed by atoms with Gasteiger partial charge in [0.15, 0.2) is 11.5 Å². The van der Waals surface area contributed by atoms with E-state index in [1.54, 1.807) is 21.3 Å². The van der Waals surface area contributed by atoms with Crippen LogP contribution in [-0.4, -0.2) is 73.4 Å². The molecule has 2 heterocycles. The van der Waals surface area contributed by atoms with Crippen molar-refractivity contribution in [1.82, 2.24) is 19.9 Å². The summed E-state index contributed by atoms with van der Waals surface area (Å²) >= 11 is 0. The number of amides is 1. The monoisotopic (exact) mass is 466 g/mol. The number of carbonyl (C=O) groups excluding carboxylic acids is 1. The normalized spacial score (nSPS) is 14.1. The summed E-state index contributed by atoms with van der Waals surface area (Å²) in [4.78, 5) is 21.5. The van der Waals surface area contributed by atoms with Crippen molar-refractivity contribution in [3.05, 3.63) is 53.9 Å². The Bertz CT molecular complexity index is 1070. The maximum absolute atomic E-state index is 12.8. The van der Waals surface area contributed by atoms with Crippen molar-refractivity contribution < 1.29 is 23.5 Å². The van der Waals surface area contributed by atoms with Gasteiger partial charge in [0, 0.05) is 38.2 Å². The van der Waals surface area contributed by atoms with E-state index in [1.807, 2.05) is 47.4 Å². The number of benzene rings is 2. The van der Waals surface area contributed by atoms with Crippen molar-refractivity contribution in [2.24, 2.45) is 0 Å². The third kappa shape index (κ3) is 5.48. The molecule has 1 aliphatic heterocycles. The Hall–Kier alpha value is -3.59. The Kier molecular flexibility index (Phi) is 7.64. The van der Waals surface area contributed by atoms with E-state index in [-0.39, 0.29) is 5.91 Å². The van der Waals surface area contributed by atoms with Crippen LogP contribution in [0, 0.1) is 0 Å². The standard InChI is InChI=1S/C25H30N4O5/c1-31-20-15-18(16-21(32-2)24(20)33-3)9-10-23(30)29-13-11-28(12-14-29)17-22-26-25(27-34-22)19-7-5-4-6-8-19/h4-8,15-16H,9-14,17H2,1-3H3. The van der Waals surface area contributed by atoms with Crippen LogP contribution in [0.4, 0.5) is 0 Å². The third-order valence-corrected chi connectivity index (χ3v) is 5.94. The maximum atomic E-state index is 12.8. The molecule has 180 valence electrons. The molecule has 0 saturated carbocycles. The van der Waals surface area contributed by atoms with Crippen LogP contribution < -0.4 is 14.2 Å². The lowest BCUT2D eigenvalue weighted by Crippen LogP contribution is -2.48. The molecule has 9 heteroatoms. The fourth-order valence-electron chi connectivity index (χ4n) is 4.06. The highest BCUT2D eigenvalue weighted by atomic mass is 16.5. The summed E-state index contributed by atoms with van der Waals surface area (Å²) in [6.07, 6.45) is 1.02. The summed E-state index contributed by atoms with van der Waals surface area (Å²) in [5, 5.41) is 4.08. The van der Waals surface area contributed by atoms with Gasteiger partial charge < -0.3 is 23.6 Å². The van der Waals surface area contributed by atoms with Gasteiger partial charge in [0.2, 0.25) is 23.4 Å². The van der Waals surface area contributed by atoms with Gasteiger partial charge in [-0.25, -0.2) is 0 Å². The molecule has 1 amide bonds. The second-order valence-electron chi connectivity index (χ2n) is 8.07. The molecule has 0 atom stereocenters. The van der Waals surface area contributed by atoms with Gasteiger partial charge in [-0.3, -0.25) is 9.69 Å². The quantitative estimate of drug-likeness (QED) is 0.475. The highest BCUT2D eigenvalue weighted by Crippen LogP contribution is 2.38. The Balaban J connectivity index is 1.27. The predicted octanol–water partition coefficient (Wildman–Crippen LogP) is 3.04. The molecule has 0 bridgehead atoms. The first kappa shape index (κ1) is 23.6. The van der Waals surface area contributed by atoms with Crippen molar-refractivity contribution in [3.63, 3.8) is 0 Å². The first-order valence-electron chi connectivity index (χ1n) is 11.3.